The Hall–Kier alpha value is -4.21. The number of fused-ring (bicyclic) bond motifs is 1. The van der Waals surface area contributed by atoms with Gasteiger partial charge in [-0.25, -0.2) is 9.37 Å². The zero-order valence-corrected chi connectivity index (χ0v) is 21.3. The Balaban J connectivity index is 1.56. The van der Waals surface area contributed by atoms with E-state index in [1.54, 1.807) is 6.08 Å². The molecule has 10 heteroatoms. The third-order valence-corrected chi connectivity index (χ3v) is 5.57. The molecular weight excluding hydrogens is 495 g/mol. The molecule has 0 aliphatic rings. The van der Waals surface area contributed by atoms with Gasteiger partial charge >= 0.3 is 0 Å². The van der Waals surface area contributed by atoms with Crippen molar-refractivity contribution in [1.82, 2.24) is 14.9 Å². The number of amides is 1. The molecule has 0 unspecified atom stereocenters. The maximum absolute atomic E-state index is 14.6. The molecule has 4 rings (SSSR count). The van der Waals surface area contributed by atoms with E-state index in [9.17, 15) is 9.18 Å². The Labute approximate surface area is 219 Å². The Morgan fingerprint density at radius 1 is 1.08 bits per heavy atom. The molecule has 0 bridgehead atoms. The lowest BCUT2D eigenvalue weighted by atomic mass is 10.1. The summed E-state index contributed by atoms with van der Waals surface area (Å²) in [6.07, 6.45) is 4.49. The molecule has 0 atom stereocenters. The molecule has 3 N–H and O–H groups in total. The summed E-state index contributed by atoms with van der Waals surface area (Å²) in [7, 11) is 5.17. The minimum Gasteiger partial charge on any atom is -0.494 e. The van der Waals surface area contributed by atoms with Crippen LogP contribution in [-0.4, -0.2) is 48.5 Å². The Morgan fingerprint density at radius 2 is 1.86 bits per heavy atom. The summed E-state index contributed by atoms with van der Waals surface area (Å²) in [6.45, 7) is 0.578. The predicted molar refractivity (Wildman–Crippen MR) is 147 cm³/mol. The van der Waals surface area contributed by atoms with E-state index in [0.717, 1.165) is 16.5 Å². The predicted octanol–water partition coefficient (Wildman–Crippen LogP) is 5.97. The van der Waals surface area contributed by atoms with Crippen LogP contribution >= 0.6 is 11.6 Å². The molecule has 0 saturated heterocycles. The number of benzene rings is 3. The molecule has 0 aliphatic heterocycles. The third-order valence-electron chi connectivity index (χ3n) is 5.29. The van der Waals surface area contributed by atoms with Gasteiger partial charge in [-0.1, -0.05) is 48.0 Å². The molecule has 1 aromatic heterocycles. The summed E-state index contributed by atoms with van der Waals surface area (Å²) in [5, 5.41) is 11.3. The number of nitrogens with zero attached hydrogens (tertiary/aromatic N) is 3. The molecule has 0 spiro atoms. The molecule has 37 heavy (non-hydrogen) atoms. The van der Waals surface area contributed by atoms with E-state index in [1.807, 2.05) is 61.5 Å². The van der Waals surface area contributed by atoms with Gasteiger partial charge in [0, 0.05) is 24.4 Å². The molecule has 0 aliphatic carbocycles. The summed E-state index contributed by atoms with van der Waals surface area (Å²) in [5.74, 6) is -0.314. The van der Waals surface area contributed by atoms with E-state index >= 15 is 0 Å². The van der Waals surface area contributed by atoms with E-state index in [4.69, 9.17) is 16.3 Å². The molecule has 8 nitrogen and oxygen atoms in total. The molecular formula is C27H26ClFN6O2. The molecule has 190 valence electrons. The van der Waals surface area contributed by atoms with Crippen LogP contribution in [-0.2, 0) is 4.79 Å². The number of likely N-dealkylation sites (N-methyl/N-ethyl adjacent to an activating group) is 1. The second kappa shape index (κ2) is 11.7. The number of nitrogens with one attached hydrogen (secondary N) is 3. The normalized spacial score (nSPS) is 11.2. The quantitative estimate of drug-likeness (QED) is 0.234. The summed E-state index contributed by atoms with van der Waals surface area (Å²) < 4.78 is 19.9. The number of ether oxygens (including phenoxy) is 1. The number of halogens is 2. The molecule has 4 aromatic rings. The molecule has 3 aromatic carbocycles. The first-order valence-electron chi connectivity index (χ1n) is 11.4. The van der Waals surface area contributed by atoms with E-state index in [1.165, 1.54) is 31.5 Å². The van der Waals surface area contributed by atoms with Crippen molar-refractivity contribution in [3.05, 3.63) is 83.8 Å². The van der Waals surface area contributed by atoms with Crippen molar-refractivity contribution >= 4 is 57.1 Å². The van der Waals surface area contributed by atoms with Crippen LogP contribution in [0.25, 0.3) is 10.8 Å². The van der Waals surface area contributed by atoms with Crippen molar-refractivity contribution in [3.8, 4) is 5.75 Å². The molecule has 0 radical (unpaired) electrons. The lowest BCUT2D eigenvalue weighted by Gasteiger charge is -2.14. The number of carbonyl (C=O) groups excluding carboxylic acids is 1. The van der Waals surface area contributed by atoms with Crippen molar-refractivity contribution in [2.75, 3.05) is 43.7 Å². The maximum Gasteiger partial charge on any atom is 0.248 e. The lowest BCUT2D eigenvalue weighted by Crippen LogP contribution is -2.13. The highest BCUT2D eigenvalue weighted by Gasteiger charge is 2.14. The smallest absolute Gasteiger partial charge is 0.248 e. The number of methoxy groups -OCH3 is 1. The Bertz CT molecular complexity index is 1460. The molecule has 1 amide bonds. The van der Waals surface area contributed by atoms with Crippen LogP contribution in [0.1, 0.15) is 0 Å². The zero-order chi connectivity index (χ0) is 26.4. The molecule has 0 fully saturated rings. The average molecular weight is 521 g/mol. The van der Waals surface area contributed by atoms with Gasteiger partial charge in [0.15, 0.2) is 11.6 Å². The Kier molecular flexibility index (Phi) is 8.17. The second-order valence-electron chi connectivity index (χ2n) is 8.39. The van der Waals surface area contributed by atoms with Gasteiger partial charge in [0.1, 0.15) is 10.8 Å². The first-order valence-corrected chi connectivity index (χ1v) is 11.8. The largest absolute Gasteiger partial charge is 0.494 e. The monoisotopic (exact) mass is 520 g/mol. The zero-order valence-electron chi connectivity index (χ0n) is 20.5. The first kappa shape index (κ1) is 25.9. The number of carbonyl (C=O) groups is 1. The van der Waals surface area contributed by atoms with Gasteiger partial charge in [-0.05, 0) is 43.1 Å². The number of hydrogen-bond donors (Lipinski definition) is 3. The van der Waals surface area contributed by atoms with Crippen LogP contribution in [0, 0.1) is 5.82 Å². The SMILES string of the molecule is COc1cc(F)c(NC(=O)/C=C/CN(C)C)cc1Nc1ncc(Cl)c(Nc2ccc3ccccc3c2)n1. The van der Waals surface area contributed by atoms with Crippen molar-refractivity contribution in [1.29, 1.82) is 0 Å². The van der Waals surface area contributed by atoms with Crippen molar-refractivity contribution < 1.29 is 13.9 Å². The number of anilines is 5. The number of rotatable bonds is 9. The Morgan fingerprint density at radius 3 is 2.62 bits per heavy atom. The fourth-order valence-corrected chi connectivity index (χ4v) is 3.64. The highest BCUT2D eigenvalue weighted by molar-refractivity contribution is 6.33. The average Bonchev–Trinajstić information content (AvgIpc) is 2.87. The third kappa shape index (κ3) is 6.72. The topological polar surface area (TPSA) is 91.4 Å². The summed E-state index contributed by atoms with van der Waals surface area (Å²) in [4.78, 5) is 22.8. The van der Waals surface area contributed by atoms with Crippen molar-refractivity contribution in [2.45, 2.75) is 0 Å². The van der Waals surface area contributed by atoms with Crippen LogP contribution in [0.15, 0.2) is 72.9 Å². The minimum absolute atomic E-state index is 0.0220. The number of aromatic nitrogens is 2. The van der Waals surface area contributed by atoms with E-state index in [0.29, 0.717) is 23.1 Å². The second-order valence-corrected chi connectivity index (χ2v) is 8.80. The van der Waals surface area contributed by atoms with Gasteiger partial charge in [-0.3, -0.25) is 4.79 Å². The van der Waals surface area contributed by atoms with Crippen molar-refractivity contribution in [3.63, 3.8) is 0 Å². The molecule has 1 heterocycles. The number of hydrogen-bond acceptors (Lipinski definition) is 7. The van der Waals surface area contributed by atoms with Gasteiger partial charge in [0.2, 0.25) is 11.9 Å². The van der Waals surface area contributed by atoms with Crippen LogP contribution in [0.2, 0.25) is 5.02 Å². The maximum atomic E-state index is 14.6. The van der Waals surface area contributed by atoms with Gasteiger partial charge in [-0.2, -0.15) is 4.98 Å². The highest BCUT2D eigenvalue weighted by Crippen LogP contribution is 2.33. The van der Waals surface area contributed by atoms with E-state index < -0.39 is 11.7 Å². The van der Waals surface area contributed by atoms with Gasteiger partial charge in [0.05, 0.1) is 24.7 Å². The van der Waals surface area contributed by atoms with Gasteiger partial charge in [0.25, 0.3) is 0 Å². The van der Waals surface area contributed by atoms with Crippen LogP contribution < -0.4 is 20.7 Å². The lowest BCUT2D eigenvalue weighted by molar-refractivity contribution is -0.111. The van der Waals surface area contributed by atoms with E-state index in [-0.39, 0.29) is 17.4 Å². The van der Waals surface area contributed by atoms with Crippen LogP contribution in [0.5, 0.6) is 5.75 Å². The highest BCUT2D eigenvalue weighted by atomic mass is 35.5. The fraction of sp³-hybridized carbons (Fsp3) is 0.148. The standard InChI is InChI=1S/C27H26ClFN6O2/c1-35(2)12-6-9-25(36)32-22-15-23(24(37-3)14-21(22)29)33-27-30-16-20(28)26(34-27)31-19-11-10-17-7-4-5-8-18(17)13-19/h4-11,13-16H,12H2,1-3H3,(H,32,36)(H2,30,31,33,34)/b9-6+. The first-order chi connectivity index (χ1) is 17.8. The van der Waals surface area contributed by atoms with Crippen molar-refractivity contribution in [2.24, 2.45) is 0 Å². The van der Waals surface area contributed by atoms with E-state index in [2.05, 4.69) is 25.9 Å². The van der Waals surface area contributed by atoms with Crippen LogP contribution in [0.3, 0.4) is 0 Å². The fourth-order valence-electron chi connectivity index (χ4n) is 3.50. The van der Waals surface area contributed by atoms with Gasteiger partial charge in [-0.15, -0.1) is 0 Å². The summed E-state index contributed by atoms with van der Waals surface area (Å²) in [5.41, 5.74) is 1.14. The minimum atomic E-state index is -0.646. The summed E-state index contributed by atoms with van der Waals surface area (Å²) in [6, 6.07) is 16.5. The summed E-state index contributed by atoms with van der Waals surface area (Å²) >= 11 is 6.34. The van der Waals surface area contributed by atoms with Gasteiger partial charge < -0.3 is 25.6 Å². The molecule has 0 saturated carbocycles. The van der Waals surface area contributed by atoms with Crippen LogP contribution in [0.4, 0.5) is 33.2 Å².